The highest BCUT2D eigenvalue weighted by Gasteiger charge is 2.07. The summed E-state index contributed by atoms with van der Waals surface area (Å²) < 4.78 is 24.6. The van der Waals surface area contributed by atoms with Crippen LogP contribution in [0.5, 0.6) is 0 Å². The van der Waals surface area contributed by atoms with Gasteiger partial charge in [0.05, 0.1) is 11.1 Å². The van der Waals surface area contributed by atoms with E-state index in [9.17, 15) is 8.78 Å². The Labute approximate surface area is 74.1 Å². The van der Waals surface area contributed by atoms with Crippen LogP contribution < -0.4 is 5.73 Å². The fraction of sp³-hybridized carbons (Fsp3) is 0.250. The van der Waals surface area contributed by atoms with Gasteiger partial charge in [-0.05, 0) is 17.7 Å². The van der Waals surface area contributed by atoms with Gasteiger partial charge in [-0.25, -0.2) is 8.78 Å². The van der Waals surface area contributed by atoms with Crippen LogP contribution in [0.15, 0.2) is 18.2 Å². The van der Waals surface area contributed by atoms with Crippen molar-refractivity contribution in [1.29, 1.82) is 0 Å². The lowest BCUT2D eigenvalue weighted by Crippen LogP contribution is -2.11. The summed E-state index contributed by atoms with van der Waals surface area (Å²) in [5.41, 5.74) is 5.86. The molecule has 0 aromatic heterocycles. The van der Waals surface area contributed by atoms with Crippen molar-refractivity contribution in [2.75, 3.05) is 6.67 Å². The summed E-state index contributed by atoms with van der Waals surface area (Å²) in [6, 6.07) is 3.21. The summed E-state index contributed by atoms with van der Waals surface area (Å²) >= 11 is 5.46. The third kappa shape index (κ3) is 1.93. The number of benzene rings is 1. The molecule has 0 heterocycles. The van der Waals surface area contributed by atoms with Gasteiger partial charge in [-0.1, -0.05) is 17.7 Å². The molecule has 0 unspecified atom stereocenters. The van der Waals surface area contributed by atoms with Gasteiger partial charge in [0.1, 0.15) is 12.5 Å². The highest BCUT2D eigenvalue weighted by Crippen LogP contribution is 2.19. The van der Waals surface area contributed by atoms with E-state index in [1.165, 1.54) is 18.2 Å². The Balaban J connectivity index is 2.96. The fourth-order valence-corrected chi connectivity index (χ4v) is 1.02. The van der Waals surface area contributed by atoms with Crippen molar-refractivity contribution in [3.8, 4) is 0 Å². The number of nitrogens with two attached hydrogens (primary N) is 1. The molecule has 0 aliphatic carbocycles. The van der Waals surface area contributed by atoms with Gasteiger partial charge in [-0.15, -0.1) is 0 Å². The topological polar surface area (TPSA) is 26.0 Å². The van der Waals surface area contributed by atoms with Crippen molar-refractivity contribution in [1.82, 2.24) is 0 Å². The van der Waals surface area contributed by atoms with Gasteiger partial charge in [-0.3, -0.25) is 0 Å². The first-order valence-electron chi connectivity index (χ1n) is 3.41. The van der Waals surface area contributed by atoms with E-state index in [0.29, 0.717) is 5.56 Å². The highest BCUT2D eigenvalue weighted by molar-refractivity contribution is 6.30. The van der Waals surface area contributed by atoms with E-state index in [1.54, 1.807) is 0 Å². The molecule has 1 aromatic carbocycles. The zero-order chi connectivity index (χ0) is 9.14. The zero-order valence-electron chi connectivity index (χ0n) is 6.23. The fourth-order valence-electron chi connectivity index (χ4n) is 0.832. The molecule has 0 aliphatic heterocycles. The molecule has 0 saturated heterocycles. The van der Waals surface area contributed by atoms with Crippen LogP contribution in [0.2, 0.25) is 5.02 Å². The van der Waals surface area contributed by atoms with Gasteiger partial charge in [0, 0.05) is 0 Å². The van der Waals surface area contributed by atoms with Crippen LogP contribution in [0.1, 0.15) is 11.6 Å². The van der Waals surface area contributed by atoms with Crippen LogP contribution in [0.25, 0.3) is 0 Å². The molecule has 12 heavy (non-hydrogen) atoms. The molecule has 1 atom stereocenters. The molecule has 0 aliphatic rings. The number of hydrogen-bond donors (Lipinski definition) is 1. The van der Waals surface area contributed by atoms with Crippen molar-refractivity contribution >= 4 is 11.6 Å². The zero-order valence-corrected chi connectivity index (χ0v) is 6.98. The molecule has 66 valence electrons. The molecule has 1 nitrogen and oxygen atoms in total. The molecule has 0 amide bonds. The van der Waals surface area contributed by atoms with Crippen molar-refractivity contribution in [2.45, 2.75) is 6.04 Å². The van der Waals surface area contributed by atoms with E-state index in [-0.39, 0.29) is 5.02 Å². The normalized spacial score (nSPS) is 13.0. The Morgan fingerprint density at radius 1 is 1.50 bits per heavy atom. The van der Waals surface area contributed by atoms with Gasteiger partial charge in [0.25, 0.3) is 0 Å². The van der Waals surface area contributed by atoms with Gasteiger partial charge < -0.3 is 5.73 Å². The Morgan fingerprint density at radius 2 is 2.17 bits per heavy atom. The van der Waals surface area contributed by atoms with Crippen LogP contribution in [0.4, 0.5) is 8.78 Å². The van der Waals surface area contributed by atoms with Gasteiger partial charge >= 0.3 is 0 Å². The smallest absolute Gasteiger partial charge is 0.141 e. The Bertz CT molecular complexity index is 278. The molecule has 1 aromatic rings. The Morgan fingerprint density at radius 3 is 2.67 bits per heavy atom. The summed E-state index contributed by atoms with van der Waals surface area (Å²) in [6.07, 6.45) is 0. The molecule has 0 spiro atoms. The second-order valence-corrected chi connectivity index (χ2v) is 2.84. The van der Waals surface area contributed by atoms with Gasteiger partial charge in [0.15, 0.2) is 0 Å². The first-order valence-corrected chi connectivity index (χ1v) is 3.79. The summed E-state index contributed by atoms with van der Waals surface area (Å²) in [7, 11) is 0. The SMILES string of the molecule is N[C@@H](CF)c1ccc(F)c(Cl)c1. The van der Waals surface area contributed by atoms with E-state index < -0.39 is 18.5 Å². The van der Waals surface area contributed by atoms with Crippen molar-refractivity contribution in [3.63, 3.8) is 0 Å². The van der Waals surface area contributed by atoms with Crippen LogP contribution in [0, 0.1) is 5.82 Å². The third-order valence-electron chi connectivity index (χ3n) is 1.54. The molecular formula is C8H8ClF2N. The quantitative estimate of drug-likeness (QED) is 0.764. The van der Waals surface area contributed by atoms with E-state index in [0.717, 1.165) is 0 Å². The van der Waals surface area contributed by atoms with Crippen LogP contribution in [-0.4, -0.2) is 6.67 Å². The molecule has 1 rings (SSSR count). The molecule has 0 bridgehead atoms. The number of alkyl halides is 1. The maximum Gasteiger partial charge on any atom is 0.141 e. The Hall–Kier alpha value is -0.670. The predicted molar refractivity (Wildman–Crippen MR) is 44.3 cm³/mol. The molecule has 2 N–H and O–H groups in total. The molecule has 0 radical (unpaired) electrons. The van der Waals surface area contributed by atoms with Gasteiger partial charge in [-0.2, -0.15) is 0 Å². The molecular weight excluding hydrogens is 184 g/mol. The highest BCUT2D eigenvalue weighted by atomic mass is 35.5. The molecule has 4 heteroatoms. The van der Waals surface area contributed by atoms with E-state index in [2.05, 4.69) is 0 Å². The van der Waals surface area contributed by atoms with Crippen molar-refractivity contribution in [3.05, 3.63) is 34.6 Å². The van der Waals surface area contributed by atoms with Gasteiger partial charge in [0.2, 0.25) is 0 Å². The standard InChI is InChI=1S/C8H8ClF2N/c9-6-3-5(8(12)4-10)1-2-7(6)11/h1-3,8H,4,12H2/t8-/m0/s1. The molecule has 0 fully saturated rings. The largest absolute Gasteiger partial charge is 0.322 e. The van der Waals surface area contributed by atoms with E-state index >= 15 is 0 Å². The predicted octanol–water partition coefficient (Wildman–Crippen LogP) is 2.45. The second kappa shape index (κ2) is 3.83. The minimum atomic E-state index is -0.719. The lowest BCUT2D eigenvalue weighted by Gasteiger charge is -2.07. The molecule has 0 saturated carbocycles. The first kappa shape index (κ1) is 9.42. The summed E-state index contributed by atoms with van der Waals surface area (Å²) in [6.45, 7) is -0.679. The third-order valence-corrected chi connectivity index (χ3v) is 1.83. The average Bonchev–Trinajstić information content (AvgIpc) is 2.08. The number of rotatable bonds is 2. The number of hydrogen-bond acceptors (Lipinski definition) is 1. The average molecular weight is 192 g/mol. The monoisotopic (exact) mass is 191 g/mol. The summed E-state index contributed by atoms with van der Waals surface area (Å²) in [5, 5.41) is -0.0311. The Kier molecular flexibility index (Phi) is 3.00. The number of halogens is 3. The summed E-state index contributed by atoms with van der Waals surface area (Å²) in [5.74, 6) is -0.522. The van der Waals surface area contributed by atoms with Crippen LogP contribution in [-0.2, 0) is 0 Å². The second-order valence-electron chi connectivity index (χ2n) is 2.43. The van der Waals surface area contributed by atoms with Crippen LogP contribution >= 0.6 is 11.6 Å². The van der Waals surface area contributed by atoms with E-state index in [4.69, 9.17) is 17.3 Å². The lowest BCUT2D eigenvalue weighted by atomic mass is 10.1. The summed E-state index contributed by atoms with van der Waals surface area (Å²) in [4.78, 5) is 0. The van der Waals surface area contributed by atoms with Crippen molar-refractivity contribution < 1.29 is 8.78 Å². The maximum atomic E-state index is 12.6. The minimum Gasteiger partial charge on any atom is -0.322 e. The van der Waals surface area contributed by atoms with Crippen molar-refractivity contribution in [2.24, 2.45) is 5.73 Å². The first-order chi connectivity index (χ1) is 5.65. The minimum absolute atomic E-state index is 0.0311. The lowest BCUT2D eigenvalue weighted by molar-refractivity contribution is 0.437. The van der Waals surface area contributed by atoms with E-state index in [1.807, 2.05) is 0 Å². The van der Waals surface area contributed by atoms with Crippen LogP contribution in [0.3, 0.4) is 0 Å². The maximum absolute atomic E-state index is 12.6.